The van der Waals surface area contributed by atoms with E-state index in [1.54, 1.807) is 18.2 Å². The Morgan fingerprint density at radius 2 is 1.88 bits per heavy atom. The lowest BCUT2D eigenvalue weighted by Crippen LogP contribution is -2.33. The van der Waals surface area contributed by atoms with E-state index in [-0.39, 0.29) is 28.9 Å². The fraction of sp³-hybridized carbons (Fsp3) is 0.500. The Morgan fingerprint density at radius 3 is 2.53 bits per heavy atom. The number of aromatic nitrogens is 4. The second-order valence-corrected chi connectivity index (χ2v) is 10.5. The lowest BCUT2D eigenvalue weighted by molar-refractivity contribution is -0.113. The molecule has 10 heteroatoms. The van der Waals surface area contributed by atoms with Gasteiger partial charge in [-0.2, -0.15) is 0 Å². The monoisotopic (exact) mass is 486 g/mol. The lowest BCUT2D eigenvalue weighted by Gasteiger charge is -2.31. The molecule has 1 aliphatic heterocycles. The Bertz CT molecular complexity index is 1120. The van der Waals surface area contributed by atoms with Crippen LogP contribution in [0.15, 0.2) is 40.0 Å². The summed E-state index contributed by atoms with van der Waals surface area (Å²) < 4.78 is 20.8. The fourth-order valence-electron chi connectivity index (χ4n) is 3.94. The molecule has 0 bridgehead atoms. The molecule has 3 aromatic rings. The number of halogens is 1. The first-order valence-electron chi connectivity index (χ1n) is 11.6. The zero-order chi connectivity index (χ0) is 24.3. The Labute approximate surface area is 203 Å². The summed E-state index contributed by atoms with van der Waals surface area (Å²) in [6, 6.07) is 8.04. The van der Waals surface area contributed by atoms with Crippen molar-refractivity contribution in [2.24, 2.45) is 0 Å². The minimum atomic E-state index is -0.308. The van der Waals surface area contributed by atoms with Crippen LogP contribution in [0.4, 0.5) is 10.3 Å². The molecule has 2 aromatic heterocycles. The van der Waals surface area contributed by atoms with Crippen LogP contribution in [-0.4, -0.2) is 49.6 Å². The molecule has 1 aliphatic rings. The van der Waals surface area contributed by atoms with E-state index >= 15 is 0 Å². The molecule has 0 unspecified atom stereocenters. The summed E-state index contributed by atoms with van der Waals surface area (Å²) in [5.74, 6) is 0.665. The number of hydrogen-bond acceptors (Lipinski definition) is 7. The number of rotatable bonds is 7. The van der Waals surface area contributed by atoms with Crippen molar-refractivity contribution in [2.75, 3.05) is 24.2 Å². The topological polar surface area (TPSA) is 89.1 Å². The highest BCUT2D eigenvalue weighted by atomic mass is 32.2. The van der Waals surface area contributed by atoms with Gasteiger partial charge in [0.25, 0.3) is 0 Å². The molecule has 1 atom stereocenters. The quantitative estimate of drug-likeness (QED) is 0.472. The number of hydrogen-bond donors (Lipinski definition) is 1. The number of piperidine rings is 1. The lowest BCUT2D eigenvalue weighted by atomic mass is 9.92. The van der Waals surface area contributed by atoms with Crippen molar-refractivity contribution >= 4 is 23.6 Å². The average Bonchev–Trinajstić information content (AvgIpc) is 3.46. The standard InChI is InChI=1S/C24H31FN6O2S/c1-16(30-12-6-5-7-13-30)22-27-28-23(31(22)18-10-8-17(25)9-11-18)34-15-20(32)26-21-14-19(29-33-21)24(2,3)4/h8-11,14,16H,5-7,12-13,15H2,1-4H3,(H,26,32)/t16-/m1/s1. The molecule has 0 saturated carbocycles. The summed E-state index contributed by atoms with van der Waals surface area (Å²) in [6.07, 6.45) is 3.57. The van der Waals surface area contributed by atoms with Crippen molar-refractivity contribution in [3.63, 3.8) is 0 Å². The molecule has 182 valence electrons. The molecule has 0 spiro atoms. The summed E-state index contributed by atoms with van der Waals surface area (Å²) in [5, 5.41) is 16.2. The smallest absolute Gasteiger partial charge is 0.237 e. The van der Waals surface area contributed by atoms with Gasteiger partial charge in [0, 0.05) is 17.2 Å². The molecule has 1 aromatic carbocycles. The molecule has 8 nitrogen and oxygen atoms in total. The van der Waals surface area contributed by atoms with Gasteiger partial charge in [0.15, 0.2) is 11.0 Å². The number of anilines is 1. The minimum Gasteiger partial charge on any atom is -0.338 e. The minimum absolute atomic E-state index is 0.0473. The summed E-state index contributed by atoms with van der Waals surface area (Å²) >= 11 is 1.27. The predicted molar refractivity (Wildman–Crippen MR) is 130 cm³/mol. The first-order chi connectivity index (χ1) is 16.2. The number of carbonyl (C=O) groups excluding carboxylic acids is 1. The van der Waals surface area contributed by atoms with Crippen molar-refractivity contribution < 1.29 is 13.7 Å². The third kappa shape index (κ3) is 5.67. The van der Waals surface area contributed by atoms with Gasteiger partial charge in [0.2, 0.25) is 11.8 Å². The van der Waals surface area contributed by atoms with Crippen molar-refractivity contribution in [3.8, 4) is 5.69 Å². The normalized spacial score (nSPS) is 15.9. The van der Waals surface area contributed by atoms with Crippen molar-refractivity contribution in [1.29, 1.82) is 0 Å². The second-order valence-electron chi connectivity index (χ2n) is 9.59. The van der Waals surface area contributed by atoms with Crippen LogP contribution in [0.25, 0.3) is 5.69 Å². The molecule has 1 amide bonds. The number of nitrogens with zero attached hydrogens (tertiary/aromatic N) is 5. The second kappa shape index (κ2) is 10.3. The Balaban J connectivity index is 1.51. The zero-order valence-electron chi connectivity index (χ0n) is 20.0. The Morgan fingerprint density at radius 1 is 1.18 bits per heavy atom. The molecule has 1 saturated heterocycles. The van der Waals surface area contributed by atoms with Crippen LogP contribution in [0, 0.1) is 5.82 Å². The Hall–Kier alpha value is -2.72. The Kier molecular flexibility index (Phi) is 7.37. The van der Waals surface area contributed by atoms with Crippen LogP contribution in [0.5, 0.6) is 0 Å². The highest BCUT2D eigenvalue weighted by Gasteiger charge is 2.26. The van der Waals surface area contributed by atoms with Crippen LogP contribution in [0.2, 0.25) is 0 Å². The van der Waals surface area contributed by atoms with Crippen molar-refractivity contribution in [3.05, 3.63) is 47.7 Å². The zero-order valence-corrected chi connectivity index (χ0v) is 20.9. The number of amides is 1. The summed E-state index contributed by atoms with van der Waals surface area (Å²) in [7, 11) is 0. The first-order valence-corrected chi connectivity index (χ1v) is 12.6. The van der Waals surface area contributed by atoms with Crippen molar-refractivity contribution in [1.82, 2.24) is 24.8 Å². The van der Waals surface area contributed by atoms with Gasteiger partial charge in [-0.1, -0.05) is 44.1 Å². The van der Waals surface area contributed by atoms with E-state index in [0.29, 0.717) is 11.0 Å². The van der Waals surface area contributed by atoms with E-state index in [1.165, 1.54) is 30.3 Å². The van der Waals surface area contributed by atoms with E-state index in [0.717, 1.165) is 43.1 Å². The predicted octanol–water partition coefficient (Wildman–Crippen LogP) is 4.97. The summed E-state index contributed by atoms with van der Waals surface area (Å²) in [5.41, 5.74) is 1.36. The number of nitrogens with one attached hydrogen (secondary N) is 1. The van der Waals surface area contributed by atoms with E-state index < -0.39 is 0 Å². The number of thioether (sulfide) groups is 1. The van der Waals surface area contributed by atoms with Gasteiger partial charge in [0.1, 0.15) is 5.82 Å². The van der Waals surface area contributed by atoms with Crippen LogP contribution < -0.4 is 5.32 Å². The summed E-state index contributed by atoms with van der Waals surface area (Å²) in [4.78, 5) is 15.0. The van der Waals surface area contributed by atoms with E-state index in [4.69, 9.17) is 4.52 Å². The average molecular weight is 487 g/mol. The van der Waals surface area contributed by atoms with Gasteiger partial charge >= 0.3 is 0 Å². The summed E-state index contributed by atoms with van der Waals surface area (Å²) in [6.45, 7) is 10.2. The molecule has 1 fully saturated rings. The number of carbonyl (C=O) groups is 1. The third-order valence-corrected chi connectivity index (χ3v) is 6.86. The first kappa shape index (κ1) is 24.4. The van der Waals surface area contributed by atoms with Gasteiger partial charge in [0.05, 0.1) is 17.5 Å². The largest absolute Gasteiger partial charge is 0.338 e. The van der Waals surface area contributed by atoms with Gasteiger partial charge < -0.3 is 4.52 Å². The number of benzene rings is 1. The molecule has 4 rings (SSSR count). The maximum atomic E-state index is 13.6. The molecule has 3 heterocycles. The molecule has 34 heavy (non-hydrogen) atoms. The van der Waals surface area contributed by atoms with Crippen LogP contribution in [0.3, 0.4) is 0 Å². The van der Waals surface area contributed by atoms with Gasteiger partial charge in [-0.05, 0) is 57.1 Å². The highest BCUT2D eigenvalue weighted by molar-refractivity contribution is 7.99. The maximum absolute atomic E-state index is 13.6. The SMILES string of the molecule is C[C@H](c1nnc(SCC(=O)Nc2cc(C(C)(C)C)no2)n1-c1ccc(F)cc1)N1CCCCC1. The molecular formula is C24H31FN6O2S. The molecule has 1 N–H and O–H groups in total. The fourth-order valence-corrected chi connectivity index (χ4v) is 4.70. The third-order valence-electron chi connectivity index (χ3n) is 5.93. The maximum Gasteiger partial charge on any atom is 0.237 e. The van der Waals surface area contributed by atoms with E-state index in [9.17, 15) is 9.18 Å². The van der Waals surface area contributed by atoms with Crippen LogP contribution in [0.1, 0.15) is 64.5 Å². The van der Waals surface area contributed by atoms with Crippen molar-refractivity contribution in [2.45, 2.75) is 63.6 Å². The highest BCUT2D eigenvalue weighted by Crippen LogP contribution is 2.30. The van der Waals surface area contributed by atoms with E-state index in [2.05, 4.69) is 32.5 Å². The van der Waals surface area contributed by atoms with Crippen LogP contribution in [-0.2, 0) is 10.2 Å². The molecule has 0 radical (unpaired) electrons. The van der Waals surface area contributed by atoms with Gasteiger partial charge in [-0.15, -0.1) is 10.2 Å². The van der Waals surface area contributed by atoms with Gasteiger partial charge in [-0.25, -0.2) is 4.39 Å². The van der Waals surface area contributed by atoms with Crippen LogP contribution >= 0.6 is 11.8 Å². The molecule has 0 aliphatic carbocycles. The van der Waals surface area contributed by atoms with Gasteiger partial charge in [-0.3, -0.25) is 19.6 Å². The molecular weight excluding hydrogens is 455 g/mol. The number of likely N-dealkylation sites (tertiary alicyclic amines) is 1. The van der Waals surface area contributed by atoms with E-state index in [1.807, 2.05) is 25.3 Å².